The minimum absolute atomic E-state index is 0.174. The van der Waals surface area contributed by atoms with Crippen molar-refractivity contribution in [3.05, 3.63) is 82.8 Å². The normalized spacial score (nSPS) is 21.2. The van der Waals surface area contributed by atoms with Crippen LogP contribution in [0.3, 0.4) is 0 Å². The Balaban J connectivity index is 1.83. The Kier molecular flexibility index (Phi) is 6.04. The lowest BCUT2D eigenvalue weighted by Gasteiger charge is -2.47. The average Bonchev–Trinajstić information content (AvgIpc) is 3.17. The summed E-state index contributed by atoms with van der Waals surface area (Å²) in [5.74, 6) is 0.420. The number of aliphatic imine (C=N–C) groups is 1. The molecule has 4 rings (SSSR count). The quantitative estimate of drug-likeness (QED) is 0.405. The number of nitrogens with one attached hydrogen (secondary N) is 1. The van der Waals surface area contributed by atoms with Crippen LogP contribution < -0.4 is 0 Å². The van der Waals surface area contributed by atoms with E-state index < -0.39 is 10.7 Å². The Labute approximate surface area is 187 Å². The molecule has 0 spiro atoms. The Morgan fingerprint density at radius 1 is 1.19 bits per heavy atom. The first-order chi connectivity index (χ1) is 15.3. The van der Waals surface area contributed by atoms with Crippen LogP contribution in [0.1, 0.15) is 31.4 Å². The molecular weight excluding hydrogens is 409 g/mol. The molecule has 2 atom stereocenters. The zero-order valence-electron chi connectivity index (χ0n) is 18.8. The van der Waals surface area contributed by atoms with Gasteiger partial charge in [0.05, 0.1) is 14.2 Å². The van der Waals surface area contributed by atoms with Crippen molar-refractivity contribution in [1.82, 2.24) is 4.98 Å². The van der Waals surface area contributed by atoms with E-state index in [0.29, 0.717) is 35.6 Å². The molecule has 1 aliphatic heterocycles. The molecule has 0 bridgehead atoms. The second kappa shape index (κ2) is 8.76. The summed E-state index contributed by atoms with van der Waals surface area (Å²) in [7, 11) is 3.03. The van der Waals surface area contributed by atoms with Gasteiger partial charge in [0.25, 0.3) is 5.90 Å². The summed E-state index contributed by atoms with van der Waals surface area (Å²) < 4.78 is 25.0. The molecule has 2 unspecified atom stereocenters. The van der Waals surface area contributed by atoms with Gasteiger partial charge in [-0.05, 0) is 29.7 Å². The summed E-state index contributed by atoms with van der Waals surface area (Å²) in [5, 5.41) is 14.6. The topological polar surface area (TPSA) is 69.7 Å². The van der Waals surface area contributed by atoms with Crippen molar-refractivity contribution in [2.24, 2.45) is 10.9 Å². The number of ether oxygens (including phenoxy) is 2. The van der Waals surface area contributed by atoms with E-state index >= 15 is 0 Å². The summed E-state index contributed by atoms with van der Waals surface area (Å²) >= 11 is 0. The average molecular weight is 438 g/mol. The molecule has 2 heterocycles. The van der Waals surface area contributed by atoms with Crippen LogP contribution in [0.25, 0.3) is 16.6 Å². The highest BCUT2D eigenvalue weighted by atomic mass is 19.1. The monoisotopic (exact) mass is 437 g/mol. The maximum Gasteiger partial charge on any atom is 0.319 e. The van der Waals surface area contributed by atoms with Crippen LogP contribution in [-0.2, 0) is 16.1 Å². The molecular formula is C25H28FN3O3. The number of benzene rings is 2. The number of methoxy groups -OCH3 is 1. The van der Waals surface area contributed by atoms with E-state index in [1.54, 1.807) is 19.3 Å². The molecule has 0 saturated carbocycles. The number of hydrogen-bond donors (Lipinski definition) is 1. The van der Waals surface area contributed by atoms with Crippen molar-refractivity contribution >= 4 is 22.5 Å². The van der Waals surface area contributed by atoms with Crippen LogP contribution >= 0.6 is 0 Å². The minimum atomic E-state index is -0.792. The van der Waals surface area contributed by atoms with Crippen molar-refractivity contribution < 1.29 is 18.5 Å². The number of H-pyrrole nitrogens is 1. The number of likely N-dealkylation sites (N-methyl/N-ethyl adjacent to an activating group) is 1. The van der Waals surface area contributed by atoms with E-state index in [1.807, 2.05) is 30.3 Å². The predicted molar refractivity (Wildman–Crippen MR) is 124 cm³/mol. The third-order valence-corrected chi connectivity index (χ3v) is 5.72. The highest BCUT2D eigenvalue weighted by molar-refractivity contribution is 5.97. The molecule has 0 fully saturated rings. The molecule has 0 saturated heterocycles. The van der Waals surface area contributed by atoms with Gasteiger partial charge in [-0.1, -0.05) is 44.2 Å². The van der Waals surface area contributed by atoms with Gasteiger partial charge in [-0.3, -0.25) is 4.65 Å². The maximum atomic E-state index is 14.0. The number of aromatic amines is 1. The Morgan fingerprint density at radius 2 is 1.94 bits per heavy atom. The van der Waals surface area contributed by atoms with Gasteiger partial charge in [0, 0.05) is 29.1 Å². The molecule has 168 valence electrons. The van der Waals surface area contributed by atoms with Crippen LogP contribution in [0.15, 0.2) is 65.6 Å². The highest BCUT2D eigenvalue weighted by Crippen LogP contribution is 2.39. The van der Waals surface area contributed by atoms with Gasteiger partial charge in [-0.25, -0.2) is 9.38 Å². The third kappa shape index (κ3) is 4.13. The van der Waals surface area contributed by atoms with E-state index in [9.17, 15) is 9.60 Å². The van der Waals surface area contributed by atoms with Crippen molar-refractivity contribution in [2.75, 3.05) is 14.2 Å². The zero-order valence-corrected chi connectivity index (χ0v) is 18.8. The zero-order chi connectivity index (χ0) is 22.9. The number of hydrogen-bond acceptors (Lipinski definition) is 4. The summed E-state index contributed by atoms with van der Waals surface area (Å²) in [6.07, 6.45) is 2.30. The fourth-order valence-corrected chi connectivity index (χ4v) is 4.15. The fraction of sp³-hybridized carbons (Fsp3) is 0.320. The van der Waals surface area contributed by atoms with E-state index in [0.717, 1.165) is 11.1 Å². The van der Waals surface area contributed by atoms with Gasteiger partial charge < -0.3 is 19.7 Å². The molecule has 0 radical (unpaired) electrons. The number of fused-ring (bicyclic) bond motifs is 1. The molecule has 1 aromatic heterocycles. The number of aromatic nitrogens is 1. The molecule has 0 amide bonds. The molecule has 32 heavy (non-hydrogen) atoms. The molecule has 1 aliphatic rings. The molecule has 2 aromatic carbocycles. The number of nitrogens with zero attached hydrogens (tertiary/aromatic N) is 2. The van der Waals surface area contributed by atoms with E-state index in [4.69, 9.17) is 14.5 Å². The van der Waals surface area contributed by atoms with E-state index in [-0.39, 0.29) is 17.6 Å². The molecule has 3 aromatic rings. The van der Waals surface area contributed by atoms with Crippen molar-refractivity contribution in [3.63, 3.8) is 0 Å². The number of hydroxylamine groups is 3. The molecule has 7 heteroatoms. The second-order valence-electron chi connectivity index (χ2n) is 8.61. The molecule has 1 N–H and O–H groups in total. The van der Waals surface area contributed by atoms with Crippen molar-refractivity contribution in [1.29, 1.82) is 0 Å². The van der Waals surface area contributed by atoms with Gasteiger partial charge in [0.2, 0.25) is 0 Å². The van der Waals surface area contributed by atoms with Crippen LogP contribution in [-0.4, -0.2) is 35.7 Å². The van der Waals surface area contributed by atoms with Gasteiger partial charge in [-0.15, -0.1) is 0 Å². The predicted octanol–water partition coefficient (Wildman–Crippen LogP) is 5.57. The first-order valence-corrected chi connectivity index (χ1v) is 10.7. The van der Waals surface area contributed by atoms with Crippen molar-refractivity contribution in [2.45, 2.75) is 32.9 Å². The van der Waals surface area contributed by atoms with Gasteiger partial charge in [0.15, 0.2) is 11.7 Å². The number of rotatable bonds is 6. The lowest BCUT2D eigenvalue weighted by Crippen LogP contribution is -2.54. The van der Waals surface area contributed by atoms with E-state index in [1.165, 1.54) is 19.2 Å². The SMILES string of the molecule is COC1=C(c2c[nH]c3ccc(F)cc23)N=C(OCc2ccccc2)C(CC(C)C)[N+]1(C)[O-]. The first-order valence-electron chi connectivity index (χ1n) is 10.7. The van der Waals surface area contributed by atoms with Crippen LogP contribution in [0.5, 0.6) is 0 Å². The Hall–Kier alpha value is -3.16. The Morgan fingerprint density at radius 3 is 2.62 bits per heavy atom. The van der Waals surface area contributed by atoms with Crippen molar-refractivity contribution in [3.8, 4) is 0 Å². The molecule has 0 aliphatic carbocycles. The number of halogens is 1. The fourth-order valence-electron chi connectivity index (χ4n) is 4.15. The van der Waals surface area contributed by atoms with Gasteiger partial charge >= 0.3 is 5.88 Å². The lowest BCUT2D eigenvalue weighted by atomic mass is 9.99. The summed E-state index contributed by atoms with van der Waals surface area (Å²) in [6, 6.07) is 13.7. The second-order valence-corrected chi connectivity index (χ2v) is 8.61. The maximum absolute atomic E-state index is 14.0. The largest absolute Gasteiger partial charge is 0.625 e. The first kappa shape index (κ1) is 22.0. The molecule has 6 nitrogen and oxygen atoms in total. The summed E-state index contributed by atoms with van der Waals surface area (Å²) in [4.78, 5) is 7.92. The standard InChI is InChI=1S/C25H28FN3O3/c1-16(2)12-22-24(32-15-17-8-6-5-7-9-17)28-23(25(31-4)29(22,3)30)20-14-27-21-11-10-18(26)13-19(20)21/h5-11,13-14,16,22,27H,12,15H2,1-4H3. The van der Waals surface area contributed by atoms with E-state index in [2.05, 4.69) is 18.8 Å². The lowest BCUT2D eigenvalue weighted by molar-refractivity contribution is -0.855. The van der Waals surface area contributed by atoms with Crippen LogP contribution in [0, 0.1) is 16.9 Å². The third-order valence-electron chi connectivity index (χ3n) is 5.72. The van der Waals surface area contributed by atoms with Gasteiger partial charge in [-0.2, -0.15) is 0 Å². The minimum Gasteiger partial charge on any atom is -0.625 e. The van der Waals surface area contributed by atoms with Crippen LogP contribution in [0.4, 0.5) is 4.39 Å². The summed E-state index contributed by atoms with van der Waals surface area (Å²) in [6.45, 7) is 4.41. The summed E-state index contributed by atoms with van der Waals surface area (Å²) in [5.41, 5.74) is 2.68. The Bertz CT molecular complexity index is 1170. The highest BCUT2D eigenvalue weighted by Gasteiger charge is 2.43. The smallest absolute Gasteiger partial charge is 0.319 e. The number of quaternary nitrogens is 1. The van der Waals surface area contributed by atoms with Crippen LogP contribution in [0.2, 0.25) is 0 Å². The van der Waals surface area contributed by atoms with Gasteiger partial charge in [0.1, 0.15) is 12.4 Å².